The summed E-state index contributed by atoms with van der Waals surface area (Å²) in [5.74, 6) is -0.809. The van der Waals surface area contributed by atoms with Gasteiger partial charge in [-0.1, -0.05) is 23.2 Å². The first kappa shape index (κ1) is 22.9. The average Bonchev–Trinajstić information content (AvgIpc) is 2.67. The highest BCUT2D eigenvalue weighted by molar-refractivity contribution is 9.10. The molecule has 0 saturated carbocycles. The molecule has 0 radical (unpaired) electrons. The zero-order chi connectivity index (χ0) is 21.6. The number of rotatable bonds is 7. The summed E-state index contributed by atoms with van der Waals surface area (Å²) in [5.41, 5.74) is 3.78. The summed E-state index contributed by atoms with van der Waals surface area (Å²) in [6.45, 7) is 1.46. The number of methoxy groups -OCH3 is 1. The number of amides is 1. The van der Waals surface area contributed by atoms with E-state index >= 15 is 0 Å². The fourth-order valence-corrected chi connectivity index (χ4v) is 3.15. The number of carbonyl (C=O) groups excluding carboxylic acids is 1. The predicted octanol–water partition coefficient (Wildman–Crippen LogP) is 3.71. The van der Waals surface area contributed by atoms with Crippen LogP contribution in [0.15, 0.2) is 21.7 Å². The monoisotopic (exact) mass is 500 g/mol. The average molecular weight is 502 g/mol. The van der Waals surface area contributed by atoms with Gasteiger partial charge in [0.1, 0.15) is 17.4 Å². The number of hydrogen-bond donors (Lipinski definition) is 2. The molecule has 0 aliphatic rings. The van der Waals surface area contributed by atoms with Crippen molar-refractivity contribution in [3.63, 3.8) is 0 Å². The maximum atomic E-state index is 12.0. The fourth-order valence-electron chi connectivity index (χ4n) is 2.24. The van der Waals surface area contributed by atoms with Crippen molar-refractivity contribution >= 4 is 51.3 Å². The second-order valence-electron chi connectivity index (χ2n) is 5.62. The van der Waals surface area contributed by atoms with Crippen molar-refractivity contribution in [3.8, 4) is 17.7 Å². The lowest BCUT2D eigenvalue weighted by molar-refractivity contribution is -0.123. The standard InChI is InChI=1S/C18H15BrCl2N4O4/c1-9-16(19)13(7-28-2)12(5-22)18(24-9)29-8-15(26)25-23-6-10-3-11(20)4-14(21)17(10)27/h3-4,6,27H,7-8H2,1-2H3,(H,25,26)/b23-6-. The second kappa shape index (κ2) is 10.4. The van der Waals surface area contributed by atoms with E-state index in [9.17, 15) is 15.2 Å². The van der Waals surface area contributed by atoms with Crippen LogP contribution in [0.25, 0.3) is 0 Å². The smallest absolute Gasteiger partial charge is 0.278 e. The summed E-state index contributed by atoms with van der Waals surface area (Å²) in [7, 11) is 1.50. The highest BCUT2D eigenvalue weighted by Crippen LogP contribution is 2.31. The number of aromatic hydroxyl groups is 1. The van der Waals surface area contributed by atoms with Gasteiger partial charge in [-0.05, 0) is 35.0 Å². The Morgan fingerprint density at radius 2 is 2.21 bits per heavy atom. The topological polar surface area (TPSA) is 117 Å². The molecular formula is C18H15BrCl2N4O4. The van der Waals surface area contributed by atoms with E-state index in [1.54, 1.807) is 6.92 Å². The third kappa shape index (κ3) is 5.81. The molecule has 2 rings (SSSR count). The van der Waals surface area contributed by atoms with Gasteiger partial charge in [0.2, 0.25) is 5.88 Å². The molecule has 1 heterocycles. The summed E-state index contributed by atoms with van der Waals surface area (Å²) >= 11 is 15.0. The summed E-state index contributed by atoms with van der Waals surface area (Å²) in [5, 5.41) is 23.4. The third-order valence-electron chi connectivity index (χ3n) is 3.56. The number of hydrogen-bond acceptors (Lipinski definition) is 7. The molecule has 1 aromatic heterocycles. The van der Waals surface area contributed by atoms with Crippen molar-refractivity contribution in [2.24, 2.45) is 5.10 Å². The molecule has 0 fully saturated rings. The van der Waals surface area contributed by atoms with E-state index in [1.165, 1.54) is 25.5 Å². The van der Waals surface area contributed by atoms with Gasteiger partial charge >= 0.3 is 0 Å². The molecule has 0 spiro atoms. The number of carbonyl (C=O) groups is 1. The van der Waals surface area contributed by atoms with Crippen LogP contribution >= 0.6 is 39.1 Å². The first-order valence-electron chi connectivity index (χ1n) is 7.99. The number of nitriles is 1. The van der Waals surface area contributed by atoms with Gasteiger partial charge in [-0.25, -0.2) is 10.4 Å². The van der Waals surface area contributed by atoms with Gasteiger partial charge in [-0.15, -0.1) is 0 Å². The van der Waals surface area contributed by atoms with Gasteiger partial charge in [0.25, 0.3) is 5.91 Å². The first-order chi connectivity index (χ1) is 13.8. The van der Waals surface area contributed by atoms with E-state index in [2.05, 4.69) is 31.4 Å². The number of nitrogens with one attached hydrogen (secondary N) is 1. The molecule has 0 bridgehead atoms. The van der Waals surface area contributed by atoms with Crippen LogP contribution < -0.4 is 10.2 Å². The van der Waals surface area contributed by atoms with Crippen molar-refractivity contribution in [1.29, 1.82) is 5.26 Å². The number of hydrazone groups is 1. The molecule has 2 aromatic rings. The Morgan fingerprint density at radius 1 is 1.48 bits per heavy atom. The number of phenols is 1. The molecule has 0 unspecified atom stereocenters. The van der Waals surface area contributed by atoms with E-state index in [0.29, 0.717) is 20.8 Å². The Hall–Kier alpha value is -2.38. The number of aromatic nitrogens is 1. The lowest BCUT2D eigenvalue weighted by atomic mass is 10.1. The van der Waals surface area contributed by atoms with E-state index in [-0.39, 0.29) is 34.4 Å². The van der Waals surface area contributed by atoms with Gasteiger partial charge in [-0.2, -0.15) is 10.4 Å². The van der Waals surface area contributed by atoms with Crippen LogP contribution in [0.3, 0.4) is 0 Å². The van der Waals surface area contributed by atoms with Crippen LogP contribution in [0.1, 0.15) is 22.4 Å². The zero-order valence-electron chi connectivity index (χ0n) is 15.3. The Bertz CT molecular complexity index is 1010. The van der Waals surface area contributed by atoms with Crippen LogP contribution in [0.4, 0.5) is 0 Å². The minimum atomic E-state index is -0.603. The molecule has 1 aromatic carbocycles. The number of benzene rings is 1. The van der Waals surface area contributed by atoms with Crippen molar-refractivity contribution in [2.45, 2.75) is 13.5 Å². The molecule has 8 nitrogen and oxygen atoms in total. The largest absolute Gasteiger partial charge is 0.506 e. The molecule has 0 saturated heterocycles. The quantitative estimate of drug-likeness (QED) is 0.441. The number of ether oxygens (including phenoxy) is 2. The van der Waals surface area contributed by atoms with E-state index < -0.39 is 12.5 Å². The van der Waals surface area contributed by atoms with E-state index in [0.717, 1.165) is 0 Å². The maximum Gasteiger partial charge on any atom is 0.278 e. The highest BCUT2D eigenvalue weighted by Gasteiger charge is 2.18. The van der Waals surface area contributed by atoms with Crippen molar-refractivity contribution < 1.29 is 19.4 Å². The molecule has 152 valence electrons. The van der Waals surface area contributed by atoms with Crippen LogP contribution in [0.5, 0.6) is 11.6 Å². The van der Waals surface area contributed by atoms with Gasteiger partial charge in [0.15, 0.2) is 6.61 Å². The molecule has 11 heteroatoms. The molecule has 0 aliphatic heterocycles. The van der Waals surface area contributed by atoms with Crippen LogP contribution in [0, 0.1) is 18.3 Å². The molecule has 1 amide bonds. The summed E-state index contributed by atoms with van der Waals surface area (Å²) in [4.78, 5) is 16.2. The van der Waals surface area contributed by atoms with Crippen molar-refractivity contribution in [1.82, 2.24) is 10.4 Å². The predicted molar refractivity (Wildman–Crippen MR) is 111 cm³/mol. The van der Waals surface area contributed by atoms with Gasteiger partial charge in [-0.3, -0.25) is 4.79 Å². The number of phenolic OH excluding ortho intramolecular Hbond substituents is 1. The van der Waals surface area contributed by atoms with Gasteiger partial charge < -0.3 is 14.6 Å². The number of aryl methyl sites for hydroxylation is 1. The Kier molecular flexibility index (Phi) is 8.22. The second-order valence-corrected chi connectivity index (χ2v) is 7.26. The Labute approximate surface area is 185 Å². The van der Waals surface area contributed by atoms with Crippen LogP contribution in [-0.4, -0.2) is 35.9 Å². The number of halogens is 3. The SMILES string of the molecule is COCc1c(Br)c(C)nc(OCC(=O)N/N=C\c2cc(Cl)cc(Cl)c2O)c1C#N. The molecule has 0 atom stereocenters. The van der Waals surface area contributed by atoms with Crippen molar-refractivity contribution in [3.05, 3.63) is 49.0 Å². The minimum absolute atomic E-state index is 0.0126. The minimum Gasteiger partial charge on any atom is -0.506 e. The molecule has 29 heavy (non-hydrogen) atoms. The number of nitrogens with zero attached hydrogens (tertiary/aromatic N) is 3. The summed E-state index contributed by atoms with van der Waals surface area (Å²) in [6, 6.07) is 4.82. The molecular weight excluding hydrogens is 487 g/mol. The lowest BCUT2D eigenvalue weighted by Gasteiger charge is -2.13. The lowest BCUT2D eigenvalue weighted by Crippen LogP contribution is -2.25. The van der Waals surface area contributed by atoms with Gasteiger partial charge in [0.05, 0.1) is 23.5 Å². The van der Waals surface area contributed by atoms with E-state index in [1.807, 2.05) is 6.07 Å². The Balaban J connectivity index is 2.07. The Morgan fingerprint density at radius 3 is 2.86 bits per heavy atom. The first-order valence-corrected chi connectivity index (χ1v) is 9.54. The third-order valence-corrected chi connectivity index (χ3v) is 5.12. The molecule has 0 aliphatic carbocycles. The highest BCUT2D eigenvalue weighted by atomic mass is 79.9. The normalized spacial score (nSPS) is 10.8. The zero-order valence-corrected chi connectivity index (χ0v) is 18.4. The van der Waals surface area contributed by atoms with Crippen LogP contribution in [0.2, 0.25) is 10.0 Å². The van der Waals surface area contributed by atoms with Crippen molar-refractivity contribution in [2.75, 3.05) is 13.7 Å². The van der Waals surface area contributed by atoms with Gasteiger partial charge in [0, 0.05) is 27.7 Å². The summed E-state index contributed by atoms with van der Waals surface area (Å²) < 4.78 is 11.1. The van der Waals surface area contributed by atoms with Crippen LogP contribution in [-0.2, 0) is 16.1 Å². The summed E-state index contributed by atoms with van der Waals surface area (Å²) in [6.07, 6.45) is 1.18. The fraction of sp³-hybridized carbons (Fsp3) is 0.222. The number of pyridine rings is 1. The maximum absolute atomic E-state index is 12.0. The van der Waals surface area contributed by atoms with E-state index in [4.69, 9.17) is 32.7 Å². The molecule has 2 N–H and O–H groups in total.